The number of hydrogen-bond acceptors (Lipinski definition) is 5. The monoisotopic (exact) mass is 294 g/mol. The molecule has 0 aromatic heterocycles. The maximum Gasteiger partial charge on any atom is 0.339 e. The zero-order chi connectivity index (χ0) is 15.8. The fourth-order valence-corrected chi connectivity index (χ4v) is 1.18. The molecule has 0 amide bonds. The van der Waals surface area contributed by atoms with E-state index in [1.807, 2.05) is 12.2 Å². The van der Waals surface area contributed by atoms with Gasteiger partial charge in [-0.25, -0.2) is 9.59 Å². The molecule has 21 heavy (non-hydrogen) atoms. The number of carbonyl (C=O) groups excluding carboxylic acids is 2. The lowest BCUT2D eigenvalue weighted by Gasteiger charge is -2.04. The van der Waals surface area contributed by atoms with Crippen LogP contribution >= 0.6 is 0 Å². The van der Waals surface area contributed by atoms with Crippen LogP contribution in [0.3, 0.4) is 0 Å². The summed E-state index contributed by atoms with van der Waals surface area (Å²) in [5.74, 6) is -1.44. The summed E-state index contributed by atoms with van der Waals surface area (Å²) in [6, 6.07) is 0. The van der Waals surface area contributed by atoms with E-state index in [1.54, 1.807) is 24.3 Å². The van der Waals surface area contributed by atoms with Crippen LogP contribution < -0.4 is 0 Å². The van der Waals surface area contributed by atoms with Crippen LogP contribution in [0, 0.1) is 0 Å². The van der Waals surface area contributed by atoms with Crippen molar-refractivity contribution in [1.29, 1.82) is 0 Å². The molecule has 0 aliphatic carbocycles. The molecule has 0 aromatic carbocycles. The van der Waals surface area contributed by atoms with Crippen molar-refractivity contribution in [3.05, 3.63) is 49.6 Å². The average molecular weight is 294 g/mol. The van der Waals surface area contributed by atoms with Gasteiger partial charge in [0.2, 0.25) is 0 Å². The predicted octanol–water partition coefficient (Wildman–Crippen LogP) is 2.35. The highest BCUT2D eigenvalue weighted by Crippen LogP contribution is 1.91. The summed E-state index contributed by atoms with van der Waals surface area (Å²) in [4.78, 5) is 22.5. The summed E-state index contributed by atoms with van der Waals surface area (Å²) in [7, 11) is 0. The van der Waals surface area contributed by atoms with E-state index in [1.165, 1.54) is 0 Å². The van der Waals surface area contributed by atoms with E-state index in [-0.39, 0.29) is 13.2 Å². The molecule has 0 saturated carbocycles. The highest BCUT2D eigenvalue weighted by atomic mass is 16.6. The summed E-state index contributed by atoms with van der Waals surface area (Å²) >= 11 is 0. The van der Waals surface area contributed by atoms with Crippen molar-refractivity contribution in [2.24, 2.45) is 0 Å². The molecule has 0 spiro atoms. The van der Waals surface area contributed by atoms with E-state index in [2.05, 4.69) is 17.9 Å². The Morgan fingerprint density at radius 1 is 0.810 bits per heavy atom. The first-order valence-electron chi connectivity index (χ1n) is 6.64. The van der Waals surface area contributed by atoms with Gasteiger partial charge in [0.05, 0.1) is 13.2 Å². The molecule has 0 aliphatic heterocycles. The molecule has 5 nitrogen and oxygen atoms in total. The first-order valence-corrected chi connectivity index (χ1v) is 6.64. The number of allylic oxidation sites excluding steroid dienone is 4. The van der Waals surface area contributed by atoms with Crippen LogP contribution in [0.25, 0.3) is 0 Å². The maximum atomic E-state index is 11.2. The summed E-state index contributed by atoms with van der Waals surface area (Å²) in [5.41, 5.74) is 0. The molecule has 0 atom stereocenters. The molecule has 0 aromatic rings. The Morgan fingerprint density at radius 2 is 1.24 bits per heavy atom. The second-order valence-electron chi connectivity index (χ2n) is 3.86. The van der Waals surface area contributed by atoms with Crippen LogP contribution in [0.1, 0.15) is 12.8 Å². The van der Waals surface area contributed by atoms with E-state index < -0.39 is 11.9 Å². The summed E-state index contributed by atoms with van der Waals surface area (Å²) in [5, 5.41) is 0. The fraction of sp³-hybridized carbons (Fsp3) is 0.375. The Balaban J connectivity index is 3.54. The van der Waals surface area contributed by atoms with Gasteiger partial charge in [0.15, 0.2) is 0 Å². The van der Waals surface area contributed by atoms with Crippen molar-refractivity contribution >= 4 is 11.9 Å². The molecular weight excluding hydrogens is 272 g/mol. The van der Waals surface area contributed by atoms with Gasteiger partial charge in [-0.15, -0.1) is 0 Å². The van der Waals surface area contributed by atoms with Crippen LogP contribution in [-0.2, 0) is 23.8 Å². The molecule has 0 bridgehead atoms. The highest BCUT2D eigenvalue weighted by molar-refractivity contribution is 5.86. The number of hydrogen-bond donors (Lipinski definition) is 0. The predicted molar refractivity (Wildman–Crippen MR) is 80.6 cm³/mol. The van der Waals surface area contributed by atoms with Crippen molar-refractivity contribution in [2.45, 2.75) is 12.8 Å². The molecule has 116 valence electrons. The zero-order valence-corrected chi connectivity index (χ0v) is 12.2. The Morgan fingerprint density at radius 3 is 1.62 bits per heavy atom. The molecule has 0 rings (SSSR count). The van der Waals surface area contributed by atoms with E-state index in [9.17, 15) is 9.59 Å². The minimum absolute atomic E-state index is 0.254. The van der Waals surface area contributed by atoms with Crippen LogP contribution in [0.4, 0.5) is 0 Å². The average Bonchev–Trinajstić information content (AvgIpc) is 2.46. The molecule has 0 saturated heterocycles. The van der Waals surface area contributed by atoms with Gasteiger partial charge in [0.1, 0.15) is 13.2 Å². The third-order valence-corrected chi connectivity index (χ3v) is 2.07. The number of carbonyl (C=O) groups is 2. The molecule has 0 aliphatic rings. The van der Waals surface area contributed by atoms with Gasteiger partial charge >= 0.3 is 11.9 Å². The Hall–Kier alpha value is -1.98. The van der Waals surface area contributed by atoms with E-state index in [0.29, 0.717) is 26.1 Å². The summed E-state index contributed by atoms with van der Waals surface area (Å²) in [6.45, 7) is 7.29. The molecule has 0 N–H and O–H groups in total. The van der Waals surface area contributed by atoms with Crippen molar-refractivity contribution in [3.63, 3.8) is 0 Å². The Bertz CT molecular complexity index is 346. The molecule has 0 radical (unpaired) electrons. The second-order valence-corrected chi connectivity index (χ2v) is 3.86. The van der Waals surface area contributed by atoms with Crippen molar-refractivity contribution in [3.8, 4) is 0 Å². The normalized spacial score (nSPS) is 10.9. The van der Waals surface area contributed by atoms with E-state index in [4.69, 9.17) is 9.47 Å². The van der Waals surface area contributed by atoms with Crippen LogP contribution in [-0.4, -0.2) is 38.4 Å². The van der Waals surface area contributed by atoms with Crippen LogP contribution in [0.2, 0.25) is 0 Å². The summed E-state index contributed by atoms with van der Waals surface area (Å²) in [6.07, 6.45) is 11.9. The van der Waals surface area contributed by atoms with Crippen molar-refractivity contribution < 1.29 is 23.8 Å². The minimum atomic E-state index is -0.720. The van der Waals surface area contributed by atoms with Gasteiger partial charge in [-0.05, 0) is 12.8 Å². The lowest BCUT2D eigenvalue weighted by atomic mass is 10.4. The fourth-order valence-electron chi connectivity index (χ4n) is 1.18. The summed E-state index contributed by atoms with van der Waals surface area (Å²) < 4.78 is 14.6. The second kappa shape index (κ2) is 14.4. The number of rotatable bonds is 12. The third kappa shape index (κ3) is 14.2. The number of ether oxygens (including phenoxy) is 3. The van der Waals surface area contributed by atoms with Gasteiger partial charge in [0.25, 0.3) is 0 Å². The van der Waals surface area contributed by atoms with Crippen molar-refractivity contribution in [1.82, 2.24) is 0 Å². The Labute approximate surface area is 125 Å². The lowest BCUT2D eigenvalue weighted by Crippen LogP contribution is -2.21. The molecule has 5 heteroatoms. The SMILES string of the molecule is C=C/C=C/CCOCC(=O)OC(=O)COCC/C=C/C=C. The van der Waals surface area contributed by atoms with Gasteiger partial charge in [-0.1, -0.05) is 49.6 Å². The van der Waals surface area contributed by atoms with Crippen LogP contribution in [0.15, 0.2) is 49.6 Å². The lowest BCUT2D eigenvalue weighted by molar-refractivity contribution is -0.165. The molecule has 0 heterocycles. The largest absolute Gasteiger partial charge is 0.390 e. The third-order valence-electron chi connectivity index (χ3n) is 2.07. The van der Waals surface area contributed by atoms with Crippen LogP contribution in [0.5, 0.6) is 0 Å². The molecule has 0 fully saturated rings. The van der Waals surface area contributed by atoms with E-state index in [0.717, 1.165) is 0 Å². The van der Waals surface area contributed by atoms with Gasteiger partial charge < -0.3 is 14.2 Å². The molecule has 0 unspecified atom stereocenters. The molecular formula is C16H22O5. The first-order chi connectivity index (χ1) is 10.2. The minimum Gasteiger partial charge on any atom is -0.390 e. The van der Waals surface area contributed by atoms with Gasteiger partial charge in [-0.3, -0.25) is 0 Å². The van der Waals surface area contributed by atoms with Gasteiger partial charge in [0, 0.05) is 0 Å². The number of esters is 2. The smallest absolute Gasteiger partial charge is 0.339 e. The Kier molecular flexibility index (Phi) is 13.1. The quantitative estimate of drug-likeness (QED) is 0.239. The topological polar surface area (TPSA) is 61.8 Å². The highest BCUT2D eigenvalue weighted by Gasteiger charge is 2.10. The first kappa shape index (κ1) is 19.0. The zero-order valence-electron chi connectivity index (χ0n) is 12.2. The van der Waals surface area contributed by atoms with Crippen molar-refractivity contribution in [2.75, 3.05) is 26.4 Å². The van der Waals surface area contributed by atoms with Gasteiger partial charge in [-0.2, -0.15) is 0 Å². The van der Waals surface area contributed by atoms with E-state index >= 15 is 0 Å². The standard InChI is InChI=1S/C16H22O5/c1-3-5-7-9-11-19-13-15(17)21-16(18)14-20-12-10-8-6-4-2/h3-8H,1-2,9-14H2/b7-5+,8-6+. The maximum absolute atomic E-state index is 11.2.